The molecule has 1 heterocycles. The van der Waals surface area contributed by atoms with Gasteiger partial charge in [-0.3, -0.25) is 29.8 Å². The second-order valence-electron chi connectivity index (χ2n) is 27.2. The third-order valence-corrected chi connectivity index (χ3v) is 22.3. The summed E-state index contributed by atoms with van der Waals surface area (Å²) in [5.74, 6) is -0.126. The number of rotatable bonds is 10. The van der Waals surface area contributed by atoms with E-state index in [2.05, 4.69) is 267 Å². The van der Waals surface area contributed by atoms with Gasteiger partial charge in [0.25, 0.3) is 22.5 Å². The molecule has 19 rings (SSSR count). The number of nitro groups is 2. The monoisotopic (exact) mass is 1920 g/mol. The number of carbonyl (C=O) groups is 2. The number of amides is 1. The van der Waals surface area contributed by atoms with Crippen molar-refractivity contribution in [2.75, 3.05) is 11.1 Å². The molecular weight excluding hydrogens is 1860 g/mol. The van der Waals surface area contributed by atoms with Crippen LogP contribution in [0.25, 0.3) is 120 Å². The largest absolute Gasteiger partial charge is 0.495 e. The van der Waals surface area contributed by atoms with Crippen LogP contribution in [0.5, 0.6) is 0 Å². The molecule has 0 radical (unpaired) electrons. The van der Waals surface area contributed by atoms with E-state index in [1.54, 1.807) is 30.3 Å². The first-order valence-electron chi connectivity index (χ1n) is 37.8. The van der Waals surface area contributed by atoms with Crippen molar-refractivity contribution in [2.24, 2.45) is 0 Å². The van der Waals surface area contributed by atoms with E-state index in [0.29, 0.717) is 16.7 Å². The number of nitrogen functional groups attached to an aromatic ring is 1. The number of hydrogen-bond acceptors (Lipinski definition) is 10. The fourth-order valence-corrected chi connectivity index (χ4v) is 16.7. The fraction of sp³-hybridized carbons (Fsp3) is 0. The number of hydrogen-bond donors (Lipinski definition) is 4. The Morgan fingerprint density at radius 1 is 0.355 bits per heavy atom. The number of nitrogens with two attached hydrogens (primary N) is 1. The second kappa shape index (κ2) is 41.3. The number of aromatic nitrogens is 1. The van der Waals surface area contributed by atoms with Crippen LogP contribution in [0.3, 0.4) is 0 Å². The van der Waals surface area contributed by atoms with Crippen molar-refractivity contribution in [2.45, 2.75) is 0 Å². The number of pyridine rings is 1. The van der Waals surface area contributed by atoms with Crippen molar-refractivity contribution in [3.05, 3.63) is 448 Å². The van der Waals surface area contributed by atoms with E-state index < -0.39 is 17.3 Å². The van der Waals surface area contributed by atoms with Crippen LogP contribution in [0.1, 0.15) is 20.7 Å². The molecule has 0 saturated heterocycles. The van der Waals surface area contributed by atoms with E-state index in [0.717, 1.165) is 83.5 Å². The summed E-state index contributed by atoms with van der Waals surface area (Å²) in [6.45, 7) is 0. The molecule has 0 bridgehead atoms. The van der Waals surface area contributed by atoms with Crippen LogP contribution in [-0.2, 0) is 0 Å². The van der Waals surface area contributed by atoms with Crippen molar-refractivity contribution in [3.63, 3.8) is 0 Å². The average Bonchev–Trinajstić information content (AvgIpc) is 0.742. The van der Waals surface area contributed by atoms with Gasteiger partial charge in [0, 0.05) is 89.8 Å². The number of carbonyl (C=O) groups excluding carboxylic acids is 2. The molecule has 0 atom stereocenters. The predicted octanol–water partition coefficient (Wildman–Crippen LogP) is 28.5. The summed E-state index contributed by atoms with van der Waals surface area (Å²) < 4.78 is 4.77. The molecule has 0 unspecified atom stereocenters. The SMILES string of the molecule is Brc1cccc(-c2nc3ccccc3c3c2ccc2ccccc23)c1.Brc1cccc2ccccc12.Nc1ccccc1-c1cccc2ccccc12.O=C(Cl)c1cc(Br)cc(Br)c1.O=C(Nc1ccccc1-c1cccc2ccccc12)c1cccc(Br)c1.O=[N+]([O-])c1ccccc1-c1cccc2ccccc12.O=[N+]([O-])c1ccccc1B(O)O. The maximum absolute atomic E-state index is 12.7. The van der Waals surface area contributed by atoms with Gasteiger partial charge in [-0.2, -0.15) is 0 Å². The number of fused-ring (bicyclic) bond motifs is 9. The van der Waals surface area contributed by atoms with Gasteiger partial charge in [-0.25, -0.2) is 4.98 Å². The highest BCUT2D eigenvalue weighted by Gasteiger charge is 2.23. The van der Waals surface area contributed by atoms with E-state index in [1.807, 2.05) is 152 Å². The normalized spacial score (nSPS) is 10.5. The van der Waals surface area contributed by atoms with Crippen LogP contribution in [-0.4, -0.2) is 43.1 Å². The lowest BCUT2D eigenvalue weighted by molar-refractivity contribution is -0.384. The van der Waals surface area contributed by atoms with Gasteiger partial charge in [-0.15, -0.1) is 0 Å². The van der Waals surface area contributed by atoms with Gasteiger partial charge in [0.1, 0.15) is 0 Å². The van der Waals surface area contributed by atoms with Crippen molar-refractivity contribution in [3.8, 4) is 44.6 Å². The van der Waals surface area contributed by atoms with Crippen LogP contribution < -0.4 is 16.5 Å². The van der Waals surface area contributed by atoms with Crippen LogP contribution in [0.2, 0.25) is 0 Å². The first-order valence-corrected chi connectivity index (χ1v) is 42.1. The lowest BCUT2D eigenvalue weighted by Gasteiger charge is -2.13. The number of para-hydroxylation sites is 5. The van der Waals surface area contributed by atoms with Crippen molar-refractivity contribution >= 4 is 213 Å². The Morgan fingerprint density at radius 3 is 1.30 bits per heavy atom. The minimum absolute atomic E-state index is 0.0949. The zero-order chi connectivity index (χ0) is 84.9. The molecule has 121 heavy (non-hydrogen) atoms. The minimum atomic E-state index is -1.80. The van der Waals surface area contributed by atoms with Gasteiger partial charge in [-0.1, -0.05) is 383 Å². The zero-order valence-corrected chi connectivity index (χ0v) is 72.8. The highest BCUT2D eigenvalue weighted by atomic mass is 79.9. The van der Waals surface area contributed by atoms with Gasteiger partial charge in [0.15, 0.2) is 0 Å². The summed E-state index contributed by atoms with van der Waals surface area (Å²) in [6, 6.07) is 128. The smallest absolute Gasteiger partial charge is 0.423 e. The molecule has 5 N–H and O–H groups in total. The number of nitrogens with zero attached hydrogens (tertiary/aromatic N) is 3. The van der Waals surface area contributed by atoms with Crippen LogP contribution in [0.4, 0.5) is 22.7 Å². The summed E-state index contributed by atoms with van der Waals surface area (Å²) in [4.78, 5) is 48.8. The Hall–Kier alpha value is -12.7. The molecule has 0 aliphatic rings. The number of benzene rings is 18. The van der Waals surface area contributed by atoms with Gasteiger partial charge in [0.05, 0.1) is 32.1 Å². The molecule has 592 valence electrons. The minimum Gasteiger partial charge on any atom is -0.423 e. The van der Waals surface area contributed by atoms with E-state index in [1.165, 1.54) is 95.1 Å². The Morgan fingerprint density at radius 2 is 0.760 bits per heavy atom. The standard InChI is InChI=1S/C23H16BrNO.C23H14BrN.C16H11NO2.C16H13N.C10H7Br.C7H3Br2ClO.C6H6BNO4/c24-18-10-5-9-17(15-18)23(26)25-22-14-4-3-12-21(22)20-13-6-8-16-7-1-2-11-19(16)20;24-17-8-5-7-16(14-17)23-20-13-12-15-6-1-2-9-18(15)22(20)19-10-3-4-11-21(19)25-23;18-17(19)16-11-4-3-9-15(16)14-10-5-7-12-6-1-2-8-13(12)14;17-16-11-4-3-9-15(16)14-10-5-7-12-6-1-2-8-13(12)14;11-10-7-3-5-8-4-1-2-6-9(8)10;8-5-1-4(7(10)11)2-6(9)3-5;9-7(10)5-3-1-2-4-6(5)8(11)12/h1-15H,(H,25,26);1-14H;1-11H;1-11H,17H2;1-7H;1-3H;1-4,9-10H. The van der Waals surface area contributed by atoms with Gasteiger partial charge in [0.2, 0.25) is 0 Å². The summed E-state index contributed by atoms with van der Waals surface area (Å²) in [5.41, 5.74) is 17.7. The maximum Gasteiger partial charge on any atom is 0.495 e. The maximum atomic E-state index is 12.7. The van der Waals surface area contributed by atoms with Gasteiger partial charge in [-0.05, 0) is 161 Å². The second-order valence-corrected chi connectivity index (χ2v) is 32.1. The summed E-state index contributed by atoms with van der Waals surface area (Å²) in [6.07, 6.45) is 0. The third kappa shape index (κ3) is 21.7. The molecule has 0 aliphatic heterocycles. The molecule has 0 saturated carbocycles. The zero-order valence-electron chi connectivity index (χ0n) is 64.1. The Labute approximate surface area is 744 Å². The third-order valence-electron chi connectivity index (χ3n) is 19.5. The Balaban J connectivity index is 0.000000125. The fourth-order valence-electron chi connectivity index (χ4n) is 13.9. The molecule has 0 spiro atoms. The first kappa shape index (κ1) is 86.2. The number of nitrogens with one attached hydrogen (secondary N) is 1. The highest BCUT2D eigenvalue weighted by Crippen LogP contribution is 2.40. The van der Waals surface area contributed by atoms with E-state index >= 15 is 0 Å². The highest BCUT2D eigenvalue weighted by molar-refractivity contribution is 9.11. The lowest BCUT2D eigenvalue weighted by Crippen LogP contribution is -2.31. The van der Waals surface area contributed by atoms with Crippen molar-refractivity contribution in [1.29, 1.82) is 0 Å². The molecule has 1 amide bonds. The number of nitro benzene ring substituents is 2. The Kier molecular flexibility index (Phi) is 29.5. The molecular formula is C101H70BBr5ClN5O8. The molecule has 19 aromatic rings. The number of halogens is 6. The van der Waals surface area contributed by atoms with Gasteiger partial charge >= 0.3 is 7.12 Å². The molecule has 0 aliphatic carbocycles. The average molecular weight is 1930 g/mol. The molecule has 18 aromatic carbocycles. The van der Waals surface area contributed by atoms with Crippen molar-refractivity contribution < 1.29 is 29.5 Å². The van der Waals surface area contributed by atoms with Crippen LogP contribution in [0.15, 0.2) is 417 Å². The van der Waals surface area contributed by atoms with E-state index in [4.69, 9.17) is 32.4 Å². The van der Waals surface area contributed by atoms with E-state index in [-0.39, 0.29) is 27.7 Å². The molecule has 20 heteroatoms. The summed E-state index contributed by atoms with van der Waals surface area (Å²) in [5, 5.41) is 57.2. The lowest BCUT2D eigenvalue weighted by atomic mass is 9.79. The predicted molar refractivity (Wildman–Crippen MR) is 518 cm³/mol. The molecule has 13 nitrogen and oxygen atoms in total. The molecule has 1 aromatic heterocycles. The summed E-state index contributed by atoms with van der Waals surface area (Å²) in [7, 11) is -1.80. The summed E-state index contributed by atoms with van der Waals surface area (Å²) >= 11 is 22.2. The Bertz CT molecular complexity index is 6970. The van der Waals surface area contributed by atoms with E-state index in [9.17, 15) is 29.8 Å². The van der Waals surface area contributed by atoms with Crippen LogP contribution >= 0.6 is 91.3 Å². The number of anilines is 2. The van der Waals surface area contributed by atoms with Crippen LogP contribution in [0, 0.1) is 20.2 Å². The molecule has 0 fully saturated rings. The van der Waals surface area contributed by atoms with Crippen molar-refractivity contribution in [1.82, 2.24) is 4.98 Å². The topological polar surface area (TPSA) is 212 Å². The first-order chi connectivity index (χ1) is 58.8. The quantitative estimate of drug-likeness (QED) is 0.0254. The van der Waals surface area contributed by atoms with Gasteiger partial charge < -0.3 is 21.1 Å².